The maximum Gasteiger partial charge on any atom is 0.155 e. The fourth-order valence-electron chi connectivity index (χ4n) is 1.71. The fraction of sp³-hybridized carbons (Fsp3) is 0. The monoisotopic (exact) mass is 231 g/mol. The fourth-order valence-corrected chi connectivity index (χ4v) is 1.71. The first-order valence-electron chi connectivity index (χ1n) is 4.99. The van der Waals surface area contributed by atoms with Gasteiger partial charge in [0.15, 0.2) is 5.65 Å². The maximum atomic E-state index is 13.6. The van der Waals surface area contributed by atoms with E-state index in [2.05, 4.69) is 9.97 Å². The second kappa shape index (κ2) is 3.62. The summed E-state index contributed by atoms with van der Waals surface area (Å²) in [4.78, 5) is 8.02. The molecule has 0 aliphatic heterocycles. The van der Waals surface area contributed by atoms with Crippen LogP contribution < -0.4 is 0 Å². The molecule has 0 atom stereocenters. The highest BCUT2D eigenvalue weighted by atomic mass is 19.1. The number of rotatable bonds is 1. The maximum absolute atomic E-state index is 13.6. The summed E-state index contributed by atoms with van der Waals surface area (Å²) in [6.45, 7) is 0. The Kier molecular flexibility index (Phi) is 2.11. The van der Waals surface area contributed by atoms with Gasteiger partial charge < -0.3 is 4.40 Å². The Morgan fingerprint density at radius 1 is 1.12 bits per heavy atom. The Hall–Kier alpha value is -2.30. The molecule has 0 unspecified atom stereocenters. The zero-order chi connectivity index (χ0) is 11.8. The summed E-state index contributed by atoms with van der Waals surface area (Å²) in [6.07, 6.45) is 6.35. The predicted octanol–water partition coefficient (Wildman–Crippen LogP) is 2.67. The van der Waals surface area contributed by atoms with Crippen molar-refractivity contribution in [1.29, 1.82) is 0 Å². The minimum Gasteiger partial charge on any atom is -0.304 e. The summed E-state index contributed by atoms with van der Waals surface area (Å²) in [5, 5.41) is 0. The van der Waals surface area contributed by atoms with Crippen LogP contribution in [0.4, 0.5) is 8.78 Å². The van der Waals surface area contributed by atoms with Gasteiger partial charge in [-0.15, -0.1) is 0 Å². The molecule has 0 fully saturated rings. The second-order valence-electron chi connectivity index (χ2n) is 3.56. The highest BCUT2D eigenvalue weighted by Gasteiger charge is 2.13. The van der Waals surface area contributed by atoms with E-state index >= 15 is 0 Å². The summed E-state index contributed by atoms with van der Waals surface area (Å²) in [5.41, 5.74) is 0.690. The highest BCUT2D eigenvalue weighted by molar-refractivity contribution is 5.63. The minimum atomic E-state index is -0.624. The van der Waals surface area contributed by atoms with Crippen LogP contribution in [-0.2, 0) is 0 Å². The Bertz CT molecular complexity index is 638. The van der Waals surface area contributed by atoms with E-state index in [1.165, 1.54) is 24.4 Å². The van der Waals surface area contributed by atoms with E-state index in [0.29, 0.717) is 5.65 Å². The lowest BCUT2D eigenvalue weighted by Gasteiger charge is -1.99. The average Bonchev–Trinajstić information content (AvgIpc) is 2.71. The third kappa shape index (κ3) is 1.56. The van der Waals surface area contributed by atoms with Crippen LogP contribution in [-0.4, -0.2) is 14.4 Å². The molecular formula is C12H7F2N3. The molecule has 0 spiro atoms. The molecule has 0 saturated carbocycles. The molecule has 3 nitrogen and oxygen atoms in total. The third-order valence-electron chi connectivity index (χ3n) is 2.48. The SMILES string of the molecule is Fc1cccc(F)c1-c1cn2ccncc2n1. The first-order valence-corrected chi connectivity index (χ1v) is 4.99. The van der Waals surface area contributed by atoms with Gasteiger partial charge in [-0.25, -0.2) is 13.8 Å². The second-order valence-corrected chi connectivity index (χ2v) is 3.56. The number of halogens is 2. The van der Waals surface area contributed by atoms with Crippen LogP contribution in [0.25, 0.3) is 16.9 Å². The number of fused-ring (bicyclic) bond motifs is 1. The lowest BCUT2D eigenvalue weighted by atomic mass is 10.1. The van der Waals surface area contributed by atoms with E-state index < -0.39 is 11.6 Å². The van der Waals surface area contributed by atoms with E-state index in [4.69, 9.17) is 0 Å². The topological polar surface area (TPSA) is 30.2 Å². The van der Waals surface area contributed by atoms with Gasteiger partial charge in [-0.05, 0) is 12.1 Å². The van der Waals surface area contributed by atoms with Gasteiger partial charge in [0.2, 0.25) is 0 Å². The van der Waals surface area contributed by atoms with Crippen LogP contribution in [0.2, 0.25) is 0 Å². The number of nitrogens with zero attached hydrogens (tertiary/aromatic N) is 3. The Morgan fingerprint density at radius 2 is 1.88 bits per heavy atom. The van der Waals surface area contributed by atoms with Crippen molar-refractivity contribution >= 4 is 5.65 Å². The zero-order valence-electron chi connectivity index (χ0n) is 8.64. The Balaban J connectivity index is 2.27. The standard InChI is InChI=1S/C12H7F2N3/c13-8-2-1-3-9(14)12(8)10-7-17-5-4-15-6-11(17)16-10/h1-7H. The van der Waals surface area contributed by atoms with Crippen molar-refractivity contribution < 1.29 is 8.78 Å². The smallest absolute Gasteiger partial charge is 0.155 e. The highest BCUT2D eigenvalue weighted by Crippen LogP contribution is 2.24. The molecule has 17 heavy (non-hydrogen) atoms. The van der Waals surface area contributed by atoms with Crippen molar-refractivity contribution in [3.8, 4) is 11.3 Å². The molecule has 3 aromatic rings. The molecule has 0 bridgehead atoms. The largest absolute Gasteiger partial charge is 0.304 e. The van der Waals surface area contributed by atoms with E-state index in [1.54, 1.807) is 23.0 Å². The van der Waals surface area contributed by atoms with E-state index in [9.17, 15) is 8.78 Å². The predicted molar refractivity (Wildman–Crippen MR) is 58.3 cm³/mol. The van der Waals surface area contributed by atoms with Crippen LogP contribution >= 0.6 is 0 Å². The molecule has 0 radical (unpaired) electrons. The van der Waals surface area contributed by atoms with E-state index in [1.807, 2.05) is 0 Å². The molecule has 84 valence electrons. The van der Waals surface area contributed by atoms with Gasteiger partial charge in [-0.1, -0.05) is 6.07 Å². The summed E-state index contributed by atoms with van der Waals surface area (Å²) < 4.78 is 28.8. The molecule has 2 aromatic heterocycles. The number of hydrogen-bond acceptors (Lipinski definition) is 2. The molecule has 5 heteroatoms. The normalized spacial score (nSPS) is 10.9. The molecular weight excluding hydrogens is 224 g/mol. The number of aromatic nitrogens is 3. The van der Waals surface area contributed by atoms with Crippen molar-refractivity contribution in [1.82, 2.24) is 14.4 Å². The van der Waals surface area contributed by atoms with Crippen LogP contribution in [0.5, 0.6) is 0 Å². The molecule has 0 amide bonds. The Morgan fingerprint density at radius 3 is 2.59 bits per heavy atom. The van der Waals surface area contributed by atoms with Gasteiger partial charge in [-0.2, -0.15) is 0 Å². The summed E-state index contributed by atoms with van der Waals surface area (Å²) in [5.74, 6) is -1.25. The molecule has 0 saturated heterocycles. The van der Waals surface area contributed by atoms with Crippen LogP contribution in [0, 0.1) is 11.6 Å². The van der Waals surface area contributed by atoms with E-state index in [-0.39, 0.29) is 11.3 Å². The lowest BCUT2D eigenvalue weighted by Crippen LogP contribution is -1.89. The number of benzene rings is 1. The molecule has 0 aliphatic carbocycles. The lowest BCUT2D eigenvalue weighted by molar-refractivity contribution is 0.589. The van der Waals surface area contributed by atoms with Crippen molar-refractivity contribution in [3.63, 3.8) is 0 Å². The van der Waals surface area contributed by atoms with Gasteiger partial charge >= 0.3 is 0 Å². The quantitative estimate of drug-likeness (QED) is 0.644. The summed E-state index contributed by atoms with van der Waals surface area (Å²) >= 11 is 0. The molecule has 0 N–H and O–H groups in total. The summed E-state index contributed by atoms with van der Waals surface area (Å²) in [7, 11) is 0. The third-order valence-corrected chi connectivity index (χ3v) is 2.48. The molecule has 2 heterocycles. The van der Waals surface area contributed by atoms with E-state index in [0.717, 1.165) is 0 Å². The van der Waals surface area contributed by atoms with Crippen LogP contribution in [0.3, 0.4) is 0 Å². The van der Waals surface area contributed by atoms with Gasteiger partial charge in [0.25, 0.3) is 0 Å². The van der Waals surface area contributed by atoms with Crippen LogP contribution in [0.15, 0.2) is 43.0 Å². The summed E-state index contributed by atoms with van der Waals surface area (Å²) in [6, 6.07) is 3.74. The van der Waals surface area contributed by atoms with Crippen molar-refractivity contribution in [3.05, 3.63) is 54.6 Å². The molecule has 3 rings (SSSR count). The molecule has 1 aromatic carbocycles. The van der Waals surface area contributed by atoms with Crippen molar-refractivity contribution in [2.45, 2.75) is 0 Å². The number of imidazole rings is 1. The average molecular weight is 231 g/mol. The Labute approximate surface area is 95.4 Å². The minimum absolute atomic E-state index is 0.115. The van der Waals surface area contributed by atoms with Gasteiger partial charge in [0, 0.05) is 18.6 Å². The van der Waals surface area contributed by atoms with Crippen LogP contribution in [0.1, 0.15) is 0 Å². The van der Waals surface area contributed by atoms with Gasteiger partial charge in [-0.3, -0.25) is 4.98 Å². The zero-order valence-corrected chi connectivity index (χ0v) is 8.64. The van der Waals surface area contributed by atoms with Crippen molar-refractivity contribution in [2.24, 2.45) is 0 Å². The first kappa shape index (κ1) is 9.89. The van der Waals surface area contributed by atoms with Crippen molar-refractivity contribution in [2.75, 3.05) is 0 Å². The van der Waals surface area contributed by atoms with Gasteiger partial charge in [0.1, 0.15) is 11.6 Å². The first-order chi connectivity index (χ1) is 8.25. The van der Waals surface area contributed by atoms with Gasteiger partial charge in [0.05, 0.1) is 17.5 Å². The number of hydrogen-bond donors (Lipinski definition) is 0. The molecule has 0 aliphatic rings.